The van der Waals surface area contributed by atoms with Crippen molar-refractivity contribution >= 4 is 6.09 Å². The molecule has 13 heavy (non-hydrogen) atoms. The fourth-order valence-corrected chi connectivity index (χ4v) is 0.727. The summed E-state index contributed by atoms with van der Waals surface area (Å²) in [5.41, 5.74) is 4.51. The van der Waals surface area contributed by atoms with Gasteiger partial charge in [0.15, 0.2) is 11.6 Å². The summed E-state index contributed by atoms with van der Waals surface area (Å²) in [6, 6.07) is 0.753. The average molecular weight is 191 g/mol. The Bertz CT molecular complexity index is 331. The topological polar surface area (TPSA) is 52.3 Å². The summed E-state index contributed by atoms with van der Waals surface area (Å²) >= 11 is 0. The predicted octanol–water partition coefficient (Wildman–Crippen LogP) is 1.56. The fraction of sp³-hybridized carbons (Fsp3) is 0. The van der Waals surface area contributed by atoms with Gasteiger partial charge >= 0.3 is 6.09 Å². The number of carbonyl (C=O) groups is 1. The Balaban J connectivity index is 3.13. The summed E-state index contributed by atoms with van der Waals surface area (Å²) in [6.07, 6.45) is -1.37. The lowest BCUT2D eigenvalue weighted by molar-refractivity contribution is 0.206. The number of carbonyl (C=O) groups excluding carboxylic acids is 1. The molecule has 0 atom stereocenters. The Kier molecular flexibility index (Phi) is 2.41. The molecule has 0 saturated heterocycles. The van der Waals surface area contributed by atoms with Crippen LogP contribution in [0, 0.1) is 17.5 Å². The molecule has 0 aliphatic carbocycles. The van der Waals surface area contributed by atoms with Crippen molar-refractivity contribution < 1.29 is 22.7 Å². The number of rotatable bonds is 1. The predicted molar refractivity (Wildman–Crippen MR) is 36.5 cm³/mol. The molecule has 1 amide bonds. The lowest BCUT2D eigenvalue weighted by Crippen LogP contribution is -2.17. The van der Waals surface area contributed by atoms with Crippen molar-refractivity contribution in [1.82, 2.24) is 0 Å². The second-order valence-electron chi connectivity index (χ2n) is 2.12. The maximum Gasteiger partial charge on any atom is 0.410 e. The third-order valence-corrected chi connectivity index (χ3v) is 1.17. The molecule has 0 heterocycles. The van der Waals surface area contributed by atoms with Crippen molar-refractivity contribution in [1.29, 1.82) is 0 Å². The first-order valence-corrected chi connectivity index (χ1v) is 3.12. The molecule has 1 aromatic carbocycles. The molecule has 0 saturated carbocycles. The number of nitrogens with two attached hydrogens (primary N) is 1. The minimum atomic E-state index is -1.37. The van der Waals surface area contributed by atoms with Crippen LogP contribution in [-0.4, -0.2) is 6.09 Å². The highest BCUT2D eigenvalue weighted by atomic mass is 19.1. The number of hydrogen-bond acceptors (Lipinski definition) is 2. The van der Waals surface area contributed by atoms with Gasteiger partial charge in [-0.05, 0) is 0 Å². The zero-order chi connectivity index (χ0) is 10.0. The quantitative estimate of drug-likeness (QED) is 0.732. The molecule has 0 bridgehead atoms. The maximum absolute atomic E-state index is 12.7. The molecular formula is C7H4F3NO2. The second-order valence-corrected chi connectivity index (χ2v) is 2.12. The van der Waals surface area contributed by atoms with E-state index < -0.39 is 29.3 Å². The van der Waals surface area contributed by atoms with Gasteiger partial charge in [-0.1, -0.05) is 0 Å². The molecule has 0 aliphatic rings. The van der Waals surface area contributed by atoms with Crippen molar-refractivity contribution in [2.75, 3.05) is 0 Å². The zero-order valence-corrected chi connectivity index (χ0v) is 6.18. The van der Waals surface area contributed by atoms with Crippen LogP contribution >= 0.6 is 0 Å². The molecule has 1 rings (SSSR count). The third kappa shape index (κ3) is 2.11. The minimum Gasteiger partial charge on any atom is -0.404 e. The van der Waals surface area contributed by atoms with Gasteiger partial charge in [-0.15, -0.1) is 0 Å². The highest BCUT2D eigenvalue weighted by Gasteiger charge is 2.14. The highest BCUT2D eigenvalue weighted by molar-refractivity contribution is 5.68. The molecular weight excluding hydrogens is 187 g/mol. The van der Waals surface area contributed by atoms with E-state index in [0.29, 0.717) is 12.1 Å². The normalized spacial score (nSPS) is 9.77. The van der Waals surface area contributed by atoms with Gasteiger partial charge in [0, 0.05) is 12.1 Å². The van der Waals surface area contributed by atoms with Crippen LogP contribution in [0.1, 0.15) is 0 Å². The van der Waals surface area contributed by atoms with Crippen molar-refractivity contribution in [3.8, 4) is 5.75 Å². The van der Waals surface area contributed by atoms with Crippen LogP contribution in [0.4, 0.5) is 18.0 Å². The minimum absolute atomic E-state index is 0.376. The Morgan fingerprint density at radius 3 is 2.08 bits per heavy atom. The standard InChI is InChI=1S/C7H4F3NO2/c8-3-1-4(9)6(5(10)2-3)13-7(11)12/h1-2H,(H2,11,12). The summed E-state index contributed by atoms with van der Waals surface area (Å²) in [7, 11) is 0. The fourth-order valence-electron chi connectivity index (χ4n) is 0.727. The van der Waals surface area contributed by atoms with Crippen LogP contribution in [0.5, 0.6) is 5.75 Å². The van der Waals surface area contributed by atoms with Gasteiger partial charge in [0.25, 0.3) is 0 Å². The Morgan fingerprint density at radius 2 is 1.69 bits per heavy atom. The van der Waals surface area contributed by atoms with Gasteiger partial charge in [-0.3, -0.25) is 0 Å². The van der Waals surface area contributed by atoms with E-state index in [-0.39, 0.29) is 0 Å². The highest BCUT2D eigenvalue weighted by Crippen LogP contribution is 2.22. The van der Waals surface area contributed by atoms with E-state index in [1.807, 2.05) is 0 Å². The summed E-state index contributed by atoms with van der Waals surface area (Å²) in [6.45, 7) is 0. The largest absolute Gasteiger partial charge is 0.410 e. The molecule has 0 unspecified atom stereocenters. The van der Waals surface area contributed by atoms with Crippen LogP contribution in [0.15, 0.2) is 12.1 Å². The Morgan fingerprint density at radius 1 is 1.23 bits per heavy atom. The molecule has 0 spiro atoms. The lowest BCUT2D eigenvalue weighted by Gasteiger charge is -2.03. The van der Waals surface area contributed by atoms with E-state index in [0.717, 1.165) is 0 Å². The van der Waals surface area contributed by atoms with Gasteiger partial charge in [-0.2, -0.15) is 0 Å². The molecule has 6 heteroatoms. The van der Waals surface area contributed by atoms with Crippen LogP contribution in [0.3, 0.4) is 0 Å². The van der Waals surface area contributed by atoms with Crippen molar-refractivity contribution in [3.05, 3.63) is 29.6 Å². The van der Waals surface area contributed by atoms with E-state index >= 15 is 0 Å². The van der Waals surface area contributed by atoms with Gasteiger partial charge in [-0.25, -0.2) is 18.0 Å². The van der Waals surface area contributed by atoms with Crippen molar-refractivity contribution in [3.63, 3.8) is 0 Å². The molecule has 0 fully saturated rings. The maximum atomic E-state index is 12.7. The summed E-state index contributed by atoms with van der Waals surface area (Å²) in [4.78, 5) is 10.1. The first kappa shape index (κ1) is 9.37. The van der Waals surface area contributed by atoms with Crippen LogP contribution in [0.25, 0.3) is 0 Å². The van der Waals surface area contributed by atoms with Crippen LogP contribution in [-0.2, 0) is 0 Å². The first-order valence-electron chi connectivity index (χ1n) is 3.12. The van der Waals surface area contributed by atoms with Crippen LogP contribution in [0.2, 0.25) is 0 Å². The number of benzene rings is 1. The summed E-state index contributed by atoms with van der Waals surface area (Å²) in [5, 5.41) is 0. The zero-order valence-electron chi connectivity index (χ0n) is 6.18. The number of hydrogen-bond donors (Lipinski definition) is 1. The number of halogens is 3. The van der Waals surface area contributed by atoms with E-state index in [9.17, 15) is 18.0 Å². The molecule has 0 aromatic heterocycles. The van der Waals surface area contributed by atoms with Gasteiger partial charge in [0.2, 0.25) is 5.75 Å². The molecule has 2 N–H and O–H groups in total. The van der Waals surface area contributed by atoms with E-state index in [4.69, 9.17) is 0 Å². The monoisotopic (exact) mass is 191 g/mol. The van der Waals surface area contributed by atoms with E-state index in [1.165, 1.54) is 0 Å². The second kappa shape index (κ2) is 3.34. The third-order valence-electron chi connectivity index (χ3n) is 1.17. The van der Waals surface area contributed by atoms with Gasteiger partial charge in [0.1, 0.15) is 5.82 Å². The van der Waals surface area contributed by atoms with E-state index in [2.05, 4.69) is 10.5 Å². The van der Waals surface area contributed by atoms with Crippen molar-refractivity contribution in [2.24, 2.45) is 5.73 Å². The first-order chi connectivity index (χ1) is 6.00. The van der Waals surface area contributed by atoms with Gasteiger partial charge in [0.05, 0.1) is 0 Å². The molecule has 1 aromatic rings. The summed E-state index contributed by atoms with van der Waals surface area (Å²) in [5.74, 6) is -4.76. The molecule has 3 nitrogen and oxygen atoms in total. The number of primary amides is 1. The summed E-state index contributed by atoms with van der Waals surface area (Å²) < 4.78 is 41.6. The Labute approximate surface area is 70.9 Å². The average Bonchev–Trinajstić information content (AvgIpc) is 1.96. The lowest BCUT2D eigenvalue weighted by atomic mass is 10.3. The Hall–Kier alpha value is -1.72. The number of amides is 1. The number of ether oxygens (including phenoxy) is 1. The van der Waals surface area contributed by atoms with Crippen molar-refractivity contribution in [2.45, 2.75) is 0 Å². The van der Waals surface area contributed by atoms with E-state index in [1.54, 1.807) is 0 Å². The molecule has 70 valence electrons. The molecule has 0 radical (unpaired) electrons. The smallest absolute Gasteiger partial charge is 0.404 e. The molecule has 0 aliphatic heterocycles. The van der Waals surface area contributed by atoms with Gasteiger partial charge < -0.3 is 10.5 Å². The van der Waals surface area contributed by atoms with Crippen LogP contribution < -0.4 is 10.5 Å². The SMILES string of the molecule is NC(=O)Oc1c(F)cc(F)cc1F.